The van der Waals surface area contributed by atoms with Crippen LogP contribution in [-0.4, -0.2) is 38.3 Å². The molecule has 2 aromatic rings. The molecular formula is C19H27N3O4S. The van der Waals surface area contributed by atoms with Gasteiger partial charge in [0.05, 0.1) is 23.7 Å². The molecule has 27 heavy (non-hydrogen) atoms. The topological polar surface area (TPSA) is 91.7 Å². The van der Waals surface area contributed by atoms with Gasteiger partial charge in [-0.25, -0.2) is 8.42 Å². The summed E-state index contributed by atoms with van der Waals surface area (Å²) in [5.74, 6) is 0.481. The second-order valence-corrected chi connectivity index (χ2v) is 8.14. The molecule has 0 aliphatic rings. The third kappa shape index (κ3) is 5.18. The van der Waals surface area contributed by atoms with E-state index in [1.165, 1.54) is 10.4 Å². The van der Waals surface area contributed by atoms with Crippen molar-refractivity contribution in [2.75, 3.05) is 25.0 Å². The zero-order chi connectivity index (χ0) is 20.0. The Hall–Kier alpha value is -2.16. The molecule has 1 atom stereocenters. The molecule has 0 aliphatic heterocycles. The minimum Gasteiger partial charge on any atom is -0.468 e. The smallest absolute Gasteiger partial charge is 0.243 e. The number of hydrogen-bond donors (Lipinski definition) is 2. The number of rotatable bonds is 9. The maximum absolute atomic E-state index is 12.8. The number of nitrogens with one attached hydrogen (secondary N) is 2. The second-order valence-electron chi connectivity index (χ2n) is 6.24. The monoisotopic (exact) mass is 393 g/mol. The highest BCUT2D eigenvalue weighted by Gasteiger charge is 2.24. The molecule has 1 aromatic carbocycles. The van der Waals surface area contributed by atoms with Gasteiger partial charge in [-0.15, -0.1) is 0 Å². The van der Waals surface area contributed by atoms with Crippen molar-refractivity contribution in [2.45, 2.75) is 38.6 Å². The molecule has 8 heteroatoms. The molecule has 1 heterocycles. The molecule has 7 nitrogen and oxygen atoms in total. The fourth-order valence-corrected chi connectivity index (χ4v) is 4.46. The first-order chi connectivity index (χ1) is 12.8. The van der Waals surface area contributed by atoms with Crippen LogP contribution in [0.1, 0.15) is 38.1 Å². The van der Waals surface area contributed by atoms with E-state index in [1.807, 2.05) is 13.0 Å². The highest BCUT2D eigenvalue weighted by atomic mass is 32.2. The van der Waals surface area contributed by atoms with E-state index < -0.39 is 10.0 Å². The SMILES string of the molecule is CCN(CC)S(=O)(=O)c1cc(NC(=O)CN[C@@H](C)c2ccco2)ccc1C. The lowest BCUT2D eigenvalue weighted by atomic mass is 10.2. The Morgan fingerprint density at radius 3 is 2.52 bits per heavy atom. The molecule has 0 radical (unpaired) electrons. The minimum atomic E-state index is -3.59. The van der Waals surface area contributed by atoms with Gasteiger partial charge in [0.15, 0.2) is 0 Å². The van der Waals surface area contributed by atoms with Crippen LogP contribution < -0.4 is 10.6 Å². The van der Waals surface area contributed by atoms with E-state index in [1.54, 1.807) is 45.2 Å². The van der Waals surface area contributed by atoms with Crippen molar-refractivity contribution < 1.29 is 17.6 Å². The highest BCUT2D eigenvalue weighted by Crippen LogP contribution is 2.23. The van der Waals surface area contributed by atoms with Gasteiger partial charge in [-0.2, -0.15) is 4.31 Å². The molecule has 148 valence electrons. The Kier molecular flexibility index (Phi) is 7.18. The molecule has 0 fully saturated rings. The number of aryl methyl sites for hydroxylation is 1. The normalized spacial score (nSPS) is 12.9. The van der Waals surface area contributed by atoms with Crippen LogP contribution in [-0.2, 0) is 14.8 Å². The molecule has 0 saturated heterocycles. The first kappa shape index (κ1) is 21.1. The maximum atomic E-state index is 12.8. The predicted octanol–water partition coefficient (Wildman–Crippen LogP) is 2.91. The third-order valence-electron chi connectivity index (χ3n) is 4.33. The first-order valence-corrected chi connectivity index (χ1v) is 10.4. The standard InChI is InChI=1S/C19H27N3O4S/c1-5-22(6-2)27(24,25)18-12-16(10-9-14(18)3)21-19(23)13-20-15(4)17-8-7-11-26-17/h7-12,15,20H,5-6,13H2,1-4H3,(H,21,23)/t15-/m0/s1. The molecule has 0 saturated carbocycles. The summed E-state index contributed by atoms with van der Waals surface area (Å²) in [6.45, 7) is 8.10. The summed E-state index contributed by atoms with van der Waals surface area (Å²) in [6.07, 6.45) is 1.58. The average Bonchev–Trinajstić information content (AvgIpc) is 3.16. The lowest BCUT2D eigenvalue weighted by molar-refractivity contribution is -0.115. The molecule has 2 rings (SSSR count). The number of anilines is 1. The number of amides is 1. The van der Waals surface area contributed by atoms with Gasteiger partial charge in [-0.1, -0.05) is 19.9 Å². The van der Waals surface area contributed by atoms with Crippen LogP contribution in [0.25, 0.3) is 0 Å². The number of carbonyl (C=O) groups excluding carboxylic acids is 1. The van der Waals surface area contributed by atoms with Crippen molar-refractivity contribution >= 4 is 21.6 Å². The summed E-state index contributed by atoms with van der Waals surface area (Å²) in [5.41, 5.74) is 1.09. The van der Waals surface area contributed by atoms with Crippen molar-refractivity contribution in [1.82, 2.24) is 9.62 Å². The average molecular weight is 394 g/mol. The number of benzene rings is 1. The summed E-state index contributed by atoms with van der Waals surface area (Å²) in [4.78, 5) is 12.4. The molecular weight excluding hydrogens is 366 g/mol. The van der Waals surface area contributed by atoms with E-state index in [-0.39, 0.29) is 23.4 Å². The summed E-state index contributed by atoms with van der Waals surface area (Å²) in [5, 5.41) is 5.81. The number of furan rings is 1. The zero-order valence-electron chi connectivity index (χ0n) is 16.2. The van der Waals surface area contributed by atoms with Crippen LogP contribution in [0.4, 0.5) is 5.69 Å². The molecule has 0 unspecified atom stereocenters. The van der Waals surface area contributed by atoms with E-state index in [0.29, 0.717) is 24.3 Å². The minimum absolute atomic E-state index is 0.0773. The van der Waals surface area contributed by atoms with E-state index >= 15 is 0 Å². The summed E-state index contributed by atoms with van der Waals surface area (Å²) in [7, 11) is -3.59. The van der Waals surface area contributed by atoms with Crippen LogP contribution in [0.3, 0.4) is 0 Å². The van der Waals surface area contributed by atoms with Gasteiger partial charge < -0.3 is 9.73 Å². The second kappa shape index (κ2) is 9.16. The van der Waals surface area contributed by atoms with Crippen molar-refractivity contribution in [3.05, 3.63) is 47.9 Å². The predicted molar refractivity (Wildman–Crippen MR) is 105 cm³/mol. The van der Waals surface area contributed by atoms with Crippen LogP contribution in [0, 0.1) is 6.92 Å². The summed E-state index contributed by atoms with van der Waals surface area (Å²) in [6, 6.07) is 8.42. The number of sulfonamides is 1. The molecule has 0 spiro atoms. The highest BCUT2D eigenvalue weighted by molar-refractivity contribution is 7.89. The third-order valence-corrected chi connectivity index (χ3v) is 6.53. The number of hydrogen-bond acceptors (Lipinski definition) is 5. The first-order valence-electron chi connectivity index (χ1n) is 8.97. The quantitative estimate of drug-likeness (QED) is 0.683. The lowest BCUT2D eigenvalue weighted by Crippen LogP contribution is -2.31. The van der Waals surface area contributed by atoms with Crippen LogP contribution >= 0.6 is 0 Å². The fourth-order valence-electron chi connectivity index (χ4n) is 2.75. The van der Waals surface area contributed by atoms with Crippen molar-refractivity contribution in [3.63, 3.8) is 0 Å². The molecule has 0 aliphatic carbocycles. The van der Waals surface area contributed by atoms with Crippen LogP contribution in [0.15, 0.2) is 45.9 Å². The van der Waals surface area contributed by atoms with Crippen LogP contribution in [0.2, 0.25) is 0 Å². The molecule has 1 amide bonds. The van der Waals surface area contributed by atoms with Gasteiger partial charge in [0.25, 0.3) is 0 Å². The van der Waals surface area contributed by atoms with Gasteiger partial charge in [0.2, 0.25) is 15.9 Å². The van der Waals surface area contributed by atoms with Gasteiger partial charge >= 0.3 is 0 Å². The molecule has 2 N–H and O–H groups in total. The number of carbonyl (C=O) groups is 1. The Bertz CT molecular complexity index is 859. The zero-order valence-corrected chi connectivity index (χ0v) is 17.0. The largest absolute Gasteiger partial charge is 0.468 e. The Morgan fingerprint density at radius 2 is 1.93 bits per heavy atom. The Balaban J connectivity index is 2.08. The van der Waals surface area contributed by atoms with Gasteiger partial charge in [0, 0.05) is 18.8 Å². The van der Waals surface area contributed by atoms with Gasteiger partial charge in [-0.05, 0) is 43.7 Å². The fraction of sp³-hybridized carbons (Fsp3) is 0.421. The maximum Gasteiger partial charge on any atom is 0.243 e. The Morgan fingerprint density at radius 1 is 1.22 bits per heavy atom. The van der Waals surface area contributed by atoms with Crippen molar-refractivity contribution in [2.24, 2.45) is 0 Å². The van der Waals surface area contributed by atoms with Crippen LogP contribution in [0.5, 0.6) is 0 Å². The van der Waals surface area contributed by atoms with Crippen molar-refractivity contribution in [3.8, 4) is 0 Å². The Labute approximate surface area is 160 Å². The van der Waals surface area contributed by atoms with E-state index in [2.05, 4.69) is 10.6 Å². The van der Waals surface area contributed by atoms with Gasteiger partial charge in [0.1, 0.15) is 5.76 Å². The summed E-state index contributed by atoms with van der Waals surface area (Å²) < 4.78 is 32.3. The number of nitrogens with zero attached hydrogens (tertiary/aromatic N) is 1. The van der Waals surface area contributed by atoms with E-state index in [0.717, 1.165) is 5.76 Å². The molecule has 0 bridgehead atoms. The lowest BCUT2D eigenvalue weighted by Gasteiger charge is -2.20. The van der Waals surface area contributed by atoms with Crippen molar-refractivity contribution in [1.29, 1.82) is 0 Å². The van der Waals surface area contributed by atoms with E-state index in [4.69, 9.17) is 4.42 Å². The van der Waals surface area contributed by atoms with Gasteiger partial charge in [-0.3, -0.25) is 10.1 Å². The molecule has 1 aromatic heterocycles. The summed E-state index contributed by atoms with van der Waals surface area (Å²) >= 11 is 0. The van der Waals surface area contributed by atoms with E-state index in [9.17, 15) is 13.2 Å².